The van der Waals surface area contributed by atoms with E-state index < -0.39 is 0 Å². The van der Waals surface area contributed by atoms with E-state index >= 15 is 0 Å². The maximum atomic E-state index is 12.8. The normalized spacial score (nSPS) is 44.6. The Balaban J connectivity index is 1.60. The lowest BCUT2D eigenvalue weighted by Crippen LogP contribution is -2.50. The van der Waals surface area contributed by atoms with Crippen LogP contribution in [0.2, 0.25) is 0 Å². The van der Waals surface area contributed by atoms with Gasteiger partial charge < -0.3 is 5.32 Å². The standard InChI is InChI=1S/C24H37NO/c1-22(2,3)25-21(26)16-8-9-17-10-11-18-19-7-6-13-23(19,4)14-12-20(18)24(17,5)15-16/h8-10,16,18-20H,6-7,11-15H2,1-5H3,(H,25,26)/t16?,18-,19-,20+,23-,24-/m0/s1. The second kappa shape index (κ2) is 5.97. The van der Waals surface area contributed by atoms with Gasteiger partial charge >= 0.3 is 0 Å². The molecule has 0 aromatic rings. The van der Waals surface area contributed by atoms with Crippen LogP contribution in [-0.4, -0.2) is 11.4 Å². The van der Waals surface area contributed by atoms with Crippen molar-refractivity contribution in [3.63, 3.8) is 0 Å². The van der Waals surface area contributed by atoms with Crippen LogP contribution in [0.4, 0.5) is 0 Å². The molecule has 0 aromatic heterocycles. The first-order chi connectivity index (χ1) is 12.1. The van der Waals surface area contributed by atoms with E-state index in [-0.39, 0.29) is 22.8 Å². The third-order valence-corrected chi connectivity index (χ3v) is 8.29. The fraction of sp³-hybridized carbons (Fsp3) is 0.792. The summed E-state index contributed by atoms with van der Waals surface area (Å²) in [6, 6.07) is 0. The van der Waals surface area contributed by atoms with Gasteiger partial charge in [-0.3, -0.25) is 4.79 Å². The van der Waals surface area contributed by atoms with Gasteiger partial charge in [-0.25, -0.2) is 0 Å². The molecule has 0 bridgehead atoms. The highest BCUT2D eigenvalue weighted by Crippen LogP contribution is 2.64. The first kappa shape index (κ1) is 18.3. The van der Waals surface area contributed by atoms with Crippen LogP contribution in [0.3, 0.4) is 0 Å². The molecular formula is C24H37NO. The van der Waals surface area contributed by atoms with Crippen LogP contribution in [0.5, 0.6) is 0 Å². The zero-order valence-corrected chi connectivity index (χ0v) is 17.4. The smallest absolute Gasteiger partial charge is 0.227 e. The van der Waals surface area contributed by atoms with E-state index in [2.05, 4.69) is 58.2 Å². The summed E-state index contributed by atoms with van der Waals surface area (Å²) < 4.78 is 0. The molecule has 1 amide bonds. The van der Waals surface area contributed by atoms with Crippen molar-refractivity contribution in [2.75, 3.05) is 0 Å². The van der Waals surface area contributed by atoms with Gasteiger partial charge in [0.15, 0.2) is 0 Å². The lowest BCUT2D eigenvalue weighted by molar-refractivity contribution is -0.126. The van der Waals surface area contributed by atoms with E-state index in [9.17, 15) is 4.79 Å². The summed E-state index contributed by atoms with van der Waals surface area (Å²) in [5.74, 6) is 2.73. The molecule has 1 unspecified atom stereocenters. The Morgan fingerprint density at radius 3 is 2.65 bits per heavy atom. The molecule has 2 nitrogen and oxygen atoms in total. The van der Waals surface area contributed by atoms with Crippen LogP contribution in [0.25, 0.3) is 0 Å². The van der Waals surface area contributed by atoms with E-state index in [1.807, 2.05) is 0 Å². The number of fused-ring (bicyclic) bond motifs is 5. The maximum absolute atomic E-state index is 12.8. The summed E-state index contributed by atoms with van der Waals surface area (Å²) in [7, 11) is 0. The number of amides is 1. The molecule has 1 N–H and O–H groups in total. The van der Waals surface area contributed by atoms with E-state index in [4.69, 9.17) is 0 Å². The predicted molar refractivity (Wildman–Crippen MR) is 108 cm³/mol. The van der Waals surface area contributed by atoms with Crippen molar-refractivity contribution in [2.24, 2.45) is 34.5 Å². The predicted octanol–water partition coefficient (Wildman–Crippen LogP) is 5.65. The third-order valence-electron chi connectivity index (χ3n) is 8.29. The van der Waals surface area contributed by atoms with Gasteiger partial charge in [0.05, 0.1) is 5.92 Å². The van der Waals surface area contributed by atoms with Gasteiger partial charge in [-0.1, -0.05) is 38.5 Å². The number of carbonyl (C=O) groups is 1. The minimum Gasteiger partial charge on any atom is -0.351 e. The molecule has 26 heavy (non-hydrogen) atoms. The number of hydrogen-bond donors (Lipinski definition) is 1. The van der Waals surface area contributed by atoms with Gasteiger partial charge in [-0.2, -0.15) is 0 Å². The van der Waals surface area contributed by atoms with Crippen LogP contribution in [-0.2, 0) is 4.79 Å². The van der Waals surface area contributed by atoms with Gasteiger partial charge in [0, 0.05) is 5.54 Å². The molecule has 6 atom stereocenters. The van der Waals surface area contributed by atoms with Crippen molar-refractivity contribution in [3.05, 3.63) is 23.8 Å². The number of rotatable bonds is 1. The highest BCUT2D eigenvalue weighted by Gasteiger charge is 2.55. The summed E-state index contributed by atoms with van der Waals surface area (Å²) in [5.41, 5.74) is 2.13. The summed E-state index contributed by atoms with van der Waals surface area (Å²) >= 11 is 0. The van der Waals surface area contributed by atoms with Crippen LogP contribution < -0.4 is 5.32 Å². The quantitative estimate of drug-likeness (QED) is 0.647. The number of nitrogens with one attached hydrogen (secondary N) is 1. The van der Waals surface area contributed by atoms with E-state index in [0.717, 1.165) is 24.2 Å². The van der Waals surface area contributed by atoms with Crippen molar-refractivity contribution in [3.8, 4) is 0 Å². The van der Waals surface area contributed by atoms with Gasteiger partial charge in [0.2, 0.25) is 5.91 Å². The molecular weight excluding hydrogens is 318 g/mol. The first-order valence-corrected chi connectivity index (χ1v) is 10.8. The minimum absolute atomic E-state index is 0.0204. The summed E-state index contributed by atoms with van der Waals surface area (Å²) in [4.78, 5) is 12.8. The van der Waals surface area contributed by atoms with Crippen molar-refractivity contribution in [1.29, 1.82) is 0 Å². The second-order valence-electron chi connectivity index (χ2n) is 11.2. The number of hydrogen-bond acceptors (Lipinski definition) is 1. The highest BCUT2D eigenvalue weighted by molar-refractivity contribution is 5.81. The molecule has 4 aliphatic carbocycles. The number of carbonyl (C=O) groups excluding carboxylic acids is 1. The fourth-order valence-electron chi connectivity index (χ4n) is 7.03. The summed E-state index contributed by atoms with van der Waals surface area (Å²) in [6.07, 6.45) is 16.3. The zero-order chi connectivity index (χ0) is 18.7. The van der Waals surface area contributed by atoms with Crippen molar-refractivity contribution in [1.82, 2.24) is 5.32 Å². The van der Waals surface area contributed by atoms with E-state index in [0.29, 0.717) is 5.41 Å². The van der Waals surface area contributed by atoms with Crippen LogP contribution in [0.1, 0.15) is 79.6 Å². The van der Waals surface area contributed by atoms with Gasteiger partial charge in [0.1, 0.15) is 0 Å². The molecule has 0 aliphatic heterocycles. The largest absolute Gasteiger partial charge is 0.351 e. The molecule has 2 fully saturated rings. The SMILES string of the molecule is CC(C)(C)NC(=O)C1C=CC2=CC[C@@H]3[C@@H](CC[C@]4(C)CCC[C@@H]34)[C@@]2(C)C1. The molecule has 0 heterocycles. The molecule has 0 saturated heterocycles. The Bertz CT molecular complexity index is 654. The maximum Gasteiger partial charge on any atom is 0.227 e. The fourth-order valence-corrected chi connectivity index (χ4v) is 7.03. The zero-order valence-electron chi connectivity index (χ0n) is 17.4. The van der Waals surface area contributed by atoms with Crippen molar-refractivity contribution < 1.29 is 4.79 Å². The van der Waals surface area contributed by atoms with Crippen molar-refractivity contribution >= 4 is 5.91 Å². The average Bonchev–Trinajstić information content (AvgIpc) is 2.94. The average molecular weight is 356 g/mol. The van der Waals surface area contributed by atoms with E-state index in [1.165, 1.54) is 44.1 Å². The van der Waals surface area contributed by atoms with Crippen molar-refractivity contribution in [2.45, 2.75) is 85.1 Å². The molecule has 0 radical (unpaired) electrons. The number of allylic oxidation sites excluding steroid dienone is 3. The lowest BCUT2D eigenvalue weighted by atomic mass is 9.48. The lowest BCUT2D eigenvalue weighted by Gasteiger charge is -2.56. The van der Waals surface area contributed by atoms with E-state index in [1.54, 1.807) is 0 Å². The monoisotopic (exact) mass is 355 g/mol. The van der Waals surface area contributed by atoms with Gasteiger partial charge in [-0.05, 0) is 93.5 Å². The summed E-state index contributed by atoms with van der Waals surface area (Å²) in [6.45, 7) is 11.2. The topological polar surface area (TPSA) is 29.1 Å². The van der Waals surface area contributed by atoms with Crippen LogP contribution in [0.15, 0.2) is 23.8 Å². The Kier molecular flexibility index (Phi) is 4.21. The molecule has 0 spiro atoms. The first-order valence-electron chi connectivity index (χ1n) is 10.8. The molecule has 2 heteroatoms. The third kappa shape index (κ3) is 2.88. The minimum atomic E-state index is -0.159. The molecule has 4 rings (SSSR count). The Morgan fingerprint density at radius 1 is 1.15 bits per heavy atom. The Morgan fingerprint density at radius 2 is 1.92 bits per heavy atom. The molecule has 4 aliphatic rings. The molecule has 144 valence electrons. The van der Waals surface area contributed by atoms with Gasteiger partial charge in [0.25, 0.3) is 0 Å². The van der Waals surface area contributed by atoms with Crippen LogP contribution in [0, 0.1) is 34.5 Å². The van der Waals surface area contributed by atoms with Crippen LogP contribution >= 0.6 is 0 Å². The highest BCUT2D eigenvalue weighted by atomic mass is 16.2. The Hall–Kier alpha value is -1.05. The second-order valence-corrected chi connectivity index (χ2v) is 11.2. The summed E-state index contributed by atoms with van der Waals surface area (Å²) in [5, 5.41) is 3.21. The molecule has 0 aromatic carbocycles. The van der Waals surface area contributed by atoms with Gasteiger partial charge in [-0.15, -0.1) is 0 Å². The Labute approximate surface area is 159 Å². The molecule has 2 saturated carbocycles.